The fourth-order valence-electron chi connectivity index (χ4n) is 4.75. The molecule has 0 bridgehead atoms. The molecule has 1 unspecified atom stereocenters. The monoisotopic (exact) mass is 524 g/mol. The first-order valence-corrected chi connectivity index (χ1v) is 12.8. The van der Waals surface area contributed by atoms with Crippen LogP contribution in [0.5, 0.6) is 17.2 Å². The van der Waals surface area contributed by atoms with Crippen molar-refractivity contribution in [2.75, 3.05) is 33.4 Å². The predicted molar refractivity (Wildman–Crippen MR) is 143 cm³/mol. The number of esters is 1. The lowest BCUT2D eigenvalue weighted by Gasteiger charge is -2.32. The number of nitrogens with one attached hydrogen (secondary N) is 2. The van der Waals surface area contributed by atoms with Gasteiger partial charge < -0.3 is 40.2 Å². The number of carbonyl (C=O) groups excluding carboxylic acids is 1. The van der Waals surface area contributed by atoms with Crippen LogP contribution in [0, 0.1) is 10.8 Å². The number of likely N-dealkylation sites (tertiary alicyclic amines) is 1. The highest BCUT2D eigenvalue weighted by Gasteiger charge is 2.28. The summed E-state index contributed by atoms with van der Waals surface area (Å²) >= 11 is 0. The van der Waals surface area contributed by atoms with Crippen LogP contribution < -0.4 is 25.7 Å². The Morgan fingerprint density at radius 1 is 1.00 bits per heavy atom. The van der Waals surface area contributed by atoms with Gasteiger partial charge in [-0.25, -0.2) is 4.79 Å². The van der Waals surface area contributed by atoms with E-state index in [1.54, 1.807) is 31.1 Å². The van der Waals surface area contributed by atoms with E-state index in [0.29, 0.717) is 55.4 Å². The van der Waals surface area contributed by atoms with Crippen LogP contribution in [0.4, 0.5) is 0 Å². The Kier molecular flexibility index (Phi) is 8.45. The number of methoxy groups -OCH3 is 1. The molecule has 0 spiro atoms. The molecule has 2 aliphatic rings. The van der Waals surface area contributed by atoms with Gasteiger partial charge in [0.15, 0.2) is 23.4 Å². The number of carbonyl (C=O) groups is 1. The molecule has 2 aromatic rings. The Balaban J connectivity index is 1.51. The smallest absolute Gasteiger partial charge is 0.352 e. The molecule has 4 rings (SSSR count). The van der Waals surface area contributed by atoms with Gasteiger partial charge in [0.1, 0.15) is 11.9 Å². The Labute approximate surface area is 222 Å². The minimum Gasteiger partial charge on any atom is -0.493 e. The van der Waals surface area contributed by atoms with E-state index >= 15 is 0 Å². The second-order valence-corrected chi connectivity index (χ2v) is 9.34. The fourth-order valence-corrected chi connectivity index (χ4v) is 4.75. The minimum absolute atomic E-state index is 0.0336. The molecular formula is C27H36N6O5. The SMILES string of the molecule is CCOC(=O)C(Oc1cc2c(cc1OC)CN(C(=N)N)CC2)c1ccc(OC2CCN(C(=N)N)CC2)cc1. The molecule has 11 nitrogen and oxygen atoms in total. The van der Waals surface area contributed by atoms with Crippen LogP contribution in [-0.2, 0) is 22.5 Å². The van der Waals surface area contributed by atoms with Crippen molar-refractivity contribution in [3.05, 3.63) is 53.1 Å². The Morgan fingerprint density at radius 2 is 1.66 bits per heavy atom. The van der Waals surface area contributed by atoms with Gasteiger partial charge in [-0.05, 0) is 48.7 Å². The maximum Gasteiger partial charge on any atom is 0.352 e. The first-order valence-electron chi connectivity index (χ1n) is 12.8. The summed E-state index contributed by atoms with van der Waals surface area (Å²) < 4.78 is 23.3. The lowest BCUT2D eigenvalue weighted by Crippen LogP contribution is -2.44. The number of nitrogens with zero attached hydrogens (tertiary/aromatic N) is 2. The van der Waals surface area contributed by atoms with Gasteiger partial charge in [-0.15, -0.1) is 0 Å². The molecule has 0 amide bonds. The number of benzene rings is 2. The topological polar surface area (TPSA) is 160 Å². The van der Waals surface area contributed by atoms with Gasteiger partial charge in [0.2, 0.25) is 6.10 Å². The van der Waals surface area contributed by atoms with Crippen molar-refractivity contribution < 1.29 is 23.7 Å². The lowest BCUT2D eigenvalue weighted by atomic mass is 9.99. The molecular weight excluding hydrogens is 488 g/mol. The van der Waals surface area contributed by atoms with Gasteiger partial charge in [0.05, 0.1) is 13.7 Å². The zero-order valence-corrected chi connectivity index (χ0v) is 21.9. The van der Waals surface area contributed by atoms with Gasteiger partial charge in [0, 0.05) is 44.6 Å². The van der Waals surface area contributed by atoms with Crippen LogP contribution in [0.1, 0.15) is 42.6 Å². The summed E-state index contributed by atoms with van der Waals surface area (Å²) in [4.78, 5) is 16.6. The molecule has 1 fully saturated rings. The fraction of sp³-hybridized carbons (Fsp3) is 0.444. The zero-order chi connectivity index (χ0) is 27.2. The van der Waals surface area contributed by atoms with Crippen molar-refractivity contribution in [3.63, 3.8) is 0 Å². The van der Waals surface area contributed by atoms with Crippen LogP contribution in [0.3, 0.4) is 0 Å². The highest BCUT2D eigenvalue weighted by atomic mass is 16.6. The maximum absolute atomic E-state index is 12.9. The third-order valence-corrected chi connectivity index (χ3v) is 6.85. The van der Waals surface area contributed by atoms with Crippen LogP contribution in [0.2, 0.25) is 0 Å². The van der Waals surface area contributed by atoms with E-state index in [-0.39, 0.29) is 24.6 Å². The highest BCUT2D eigenvalue weighted by Crippen LogP contribution is 2.37. The van der Waals surface area contributed by atoms with E-state index in [1.165, 1.54) is 0 Å². The summed E-state index contributed by atoms with van der Waals surface area (Å²) in [7, 11) is 1.55. The molecule has 0 saturated carbocycles. The second-order valence-electron chi connectivity index (χ2n) is 9.34. The molecule has 11 heteroatoms. The zero-order valence-electron chi connectivity index (χ0n) is 21.9. The van der Waals surface area contributed by atoms with Crippen LogP contribution in [0.25, 0.3) is 0 Å². The number of rotatable bonds is 8. The number of guanidine groups is 2. The Morgan fingerprint density at radius 3 is 2.26 bits per heavy atom. The number of piperidine rings is 1. The molecule has 38 heavy (non-hydrogen) atoms. The summed E-state index contributed by atoms with van der Waals surface area (Å²) in [6.45, 7) is 4.49. The van der Waals surface area contributed by atoms with Gasteiger partial charge in [-0.2, -0.15) is 0 Å². The van der Waals surface area contributed by atoms with E-state index in [0.717, 1.165) is 24.0 Å². The summed E-state index contributed by atoms with van der Waals surface area (Å²) in [6, 6.07) is 11.0. The van der Waals surface area contributed by atoms with E-state index in [4.69, 9.17) is 41.2 Å². The Bertz CT molecular complexity index is 1160. The second kappa shape index (κ2) is 11.9. The molecule has 204 valence electrons. The molecule has 0 aliphatic carbocycles. The summed E-state index contributed by atoms with van der Waals surface area (Å²) in [5.74, 6) is 1.25. The standard InChI is InChI=1S/C27H36N6O5/c1-3-36-25(34)24(17-4-6-20(7-5-17)37-21-9-12-32(13-10-21)26(28)29)38-23-14-18-8-11-33(27(30)31)16-19(18)15-22(23)35-2/h4-7,14-15,21,24H,3,8-13,16H2,1-2H3,(H3,28,29)(H3,30,31). The minimum atomic E-state index is -0.993. The summed E-state index contributed by atoms with van der Waals surface area (Å²) in [5, 5.41) is 15.3. The van der Waals surface area contributed by atoms with Crippen molar-refractivity contribution >= 4 is 17.9 Å². The van der Waals surface area contributed by atoms with Crippen LogP contribution in [0.15, 0.2) is 36.4 Å². The van der Waals surface area contributed by atoms with Crippen LogP contribution >= 0.6 is 0 Å². The van der Waals surface area contributed by atoms with Crippen molar-refractivity contribution in [2.24, 2.45) is 11.5 Å². The summed E-state index contributed by atoms with van der Waals surface area (Å²) in [5.41, 5.74) is 13.9. The first-order chi connectivity index (χ1) is 18.3. The molecule has 2 aromatic carbocycles. The highest BCUT2D eigenvalue weighted by molar-refractivity contribution is 5.77. The molecule has 2 aliphatic heterocycles. The van der Waals surface area contributed by atoms with Gasteiger partial charge in [-0.1, -0.05) is 12.1 Å². The third-order valence-electron chi connectivity index (χ3n) is 6.85. The average molecular weight is 525 g/mol. The molecule has 1 atom stereocenters. The van der Waals surface area contributed by atoms with Crippen molar-refractivity contribution in [1.29, 1.82) is 10.8 Å². The number of fused-ring (bicyclic) bond motifs is 1. The van der Waals surface area contributed by atoms with E-state index in [2.05, 4.69) is 0 Å². The van der Waals surface area contributed by atoms with Crippen LogP contribution in [-0.4, -0.2) is 67.1 Å². The van der Waals surface area contributed by atoms with E-state index in [1.807, 2.05) is 29.2 Å². The lowest BCUT2D eigenvalue weighted by molar-refractivity contribution is -0.151. The molecule has 6 N–H and O–H groups in total. The normalized spacial score (nSPS) is 16.3. The Hall–Kier alpha value is -4.15. The predicted octanol–water partition coefficient (Wildman–Crippen LogP) is 2.37. The molecule has 1 saturated heterocycles. The van der Waals surface area contributed by atoms with E-state index in [9.17, 15) is 4.79 Å². The molecule has 0 radical (unpaired) electrons. The molecule has 2 heterocycles. The van der Waals surface area contributed by atoms with Gasteiger partial charge in [-0.3, -0.25) is 10.8 Å². The number of nitrogens with two attached hydrogens (primary N) is 2. The van der Waals surface area contributed by atoms with E-state index < -0.39 is 12.1 Å². The first kappa shape index (κ1) is 26.9. The van der Waals surface area contributed by atoms with Crippen molar-refractivity contribution in [1.82, 2.24) is 9.80 Å². The third kappa shape index (κ3) is 6.21. The maximum atomic E-state index is 12.9. The number of ether oxygens (including phenoxy) is 4. The van der Waals surface area contributed by atoms with Crippen molar-refractivity contribution in [3.8, 4) is 17.2 Å². The molecule has 0 aromatic heterocycles. The average Bonchev–Trinajstić information content (AvgIpc) is 2.91. The summed E-state index contributed by atoms with van der Waals surface area (Å²) in [6.07, 6.45) is 1.28. The quantitative estimate of drug-likeness (QED) is 0.231. The number of hydrogen-bond donors (Lipinski definition) is 4. The van der Waals surface area contributed by atoms with Crippen molar-refractivity contribution in [2.45, 2.75) is 44.9 Å². The largest absolute Gasteiger partial charge is 0.493 e. The number of hydrogen-bond acceptors (Lipinski definition) is 7. The van der Waals surface area contributed by atoms with Gasteiger partial charge in [0.25, 0.3) is 0 Å². The van der Waals surface area contributed by atoms with Gasteiger partial charge >= 0.3 is 5.97 Å².